The van der Waals surface area contributed by atoms with Crippen LogP contribution in [-0.4, -0.2) is 24.6 Å². The minimum absolute atomic E-state index is 0.226. The lowest BCUT2D eigenvalue weighted by Crippen LogP contribution is -2.37. The van der Waals surface area contributed by atoms with Crippen LogP contribution in [0.5, 0.6) is 5.75 Å². The Morgan fingerprint density at radius 2 is 2.22 bits per heavy atom. The fraction of sp³-hybridized carbons (Fsp3) is 0.571. The quantitative estimate of drug-likeness (QED) is 0.836. The number of halogens is 2. The molecule has 1 atom stereocenters. The van der Waals surface area contributed by atoms with Crippen LogP contribution in [0.3, 0.4) is 0 Å². The summed E-state index contributed by atoms with van der Waals surface area (Å²) in [6.45, 7) is 4.05. The van der Waals surface area contributed by atoms with E-state index in [0.29, 0.717) is 10.5 Å². The fourth-order valence-electron chi connectivity index (χ4n) is 2.51. The monoisotopic (exact) mass is 315 g/mol. The highest BCUT2D eigenvalue weighted by Gasteiger charge is 2.21. The molecule has 1 fully saturated rings. The Balaban J connectivity index is 2.24. The van der Waals surface area contributed by atoms with Crippen molar-refractivity contribution in [1.29, 1.82) is 0 Å². The Morgan fingerprint density at radius 1 is 1.44 bits per heavy atom. The molecule has 0 N–H and O–H groups in total. The summed E-state index contributed by atoms with van der Waals surface area (Å²) in [6, 6.07) is 3.69. The first-order chi connectivity index (χ1) is 8.63. The van der Waals surface area contributed by atoms with E-state index in [1.54, 1.807) is 13.2 Å². The van der Waals surface area contributed by atoms with E-state index in [1.165, 1.54) is 25.3 Å². The second-order valence-electron chi connectivity index (χ2n) is 4.86. The number of nitrogens with zero attached hydrogens (tertiary/aromatic N) is 1. The molecule has 0 radical (unpaired) electrons. The van der Waals surface area contributed by atoms with Gasteiger partial charge in [0.25, 0.3) is 0 Å². The molecule has 1 heterocycles. The van der Waals surface area contributed by atoms with Crippen LogP contribution in [0.15, 0.2) is 16.6 Å². The maximum Gasteiger partial charge on any atom is 0.137 e. The molecule has 0 bridgehead atoms. The van der Waals surface area contributed by atoms with Gasteiger partial charge in [0.2, 0.25) is 0 Å². The molecular formula is C14H19BrFNO. The Morgan fingerprint density at radius 3 is 2.89 bits per heavy atom. The van der Waals surface area contributed by atoms with Gasteiger partial charge in [-0.25, -0.2) is 4.39 Å². The third-order valence-corrected chi connectivity index (χ3v) is 4.53. The molecule has 18 heavy (non-hydrogen) atoms. The van der Waals surface area contributed by atoms with Gasteiger partial charge in [0.05, 0.1) is 11.6 Å². The van der Waals surface area contributed by atoms with E-state index in [0.717, 1.165) is 24.4 Å². The molecule has 0 aromatic heterocycles. The average molecular weight is 316 g/mol. The molecule has 2 nitrogen and oxygen atoms in total. The first-order valence-corrected chi connectivity index (χ1v) is 7.17. The van der Waals surface area contributed by atoms with Crippen LogP contribution in [0.1, 0.15) is 31.7 Å². The summed E-state index contributed by atoms with van der Waals surface area (Å²) in [5, 5.41) is 0. The van der Waals surface area contributed by atoms with Crippen LogP contribution in [0, 0.1) is 5.82 Å². The van der Waals surface area contributed by atoms with Crippen molar-refractivity contribution >= 4 is 15.9 Å². The van der Waals surface area contributed by atoms with Gasteiger partial charge in [0.1, 0.15) is 11.6 Å². The van der Waals surface area contributed by atoms with E-state index in [2.05, 4.69) is 27.8 Å². The third kappa shape index (κ3) is 2.86. The number of hydrogen-bond acceptors (Lipinski definition) is 2. The zero-order chi connectivity index (χ0) is 13.1. The molecule has 4 heteroatoms. The van der Waals surface area contributed by atoms with Crippen molar-refractivity contribution in [3.63, 3.8) is 0 Å². The molecule has 1 aliphatic heterocycles. The van der Waals surface area contributed by atoms with Crippen LogP contribution < -0.4 is 4.74 Å². The lowest BCUT2D eigenvalue weighted by molar-refractivity contribution is 0.150. The maximum absolute atomic E-state index is 13.6. The molecule has 0 amide bonds. The van der Waals surface area contributed by atoms with Gasteiger partial charge in [-0.1, -0.05) is 6.42 Å². The predicted octanol–water partition coefficient (Wildman–Crippen LogP) is 3.97. The SMILES string of the molecule is COc1ccc(F)c(Br)c1CN1CCCCC1C. The number of hydrogen-bond donors (Lipinski definition) is 0. The van der Waals surface area contributed by atoms with Gasteiger partial charge < -0.3 is 4.74 Å². The highest BCUT2D eigenvalue weighted by atomic mass is 79.9. The van der Waals surface area contributed by atoms with E-state index in [9.17, 15) is 4.39 Å². The number of methoxy groups -OCH3 is 1. The highest BCUT2D eigenvalue weighted by molar-refractivity contribution is 9.10. The summed E-state index contributed by atoms with van der Waals surface area (Å²) in [6.07, 6.45) is 3.73. The molecule has 1 saturated heterocycles. The number of ether oxygens (including phenoxy) is 1. The van der Waals surface area contributed by atoms with Crippen molar-refractivity contribution in [2.75, 3.05) is 13.7 Å². The van der Waals surface area contributed by atoms with Crippen LogP contribution in [0.25, 0.3) is 0 Å². The summed E-state index contributed by atoms with van der Waals surface area (Å²) < 4.78 is 19.5. The summed E-state index contributed by atoms with van der Waals surface area (Å²) in [5.74, 6) is 0.525. The summed E-state index contributed by atoms with van der Waals surface area (Å²) >= 11 is 3.34. The van der Waals surface area contributed by atoms with E-state index in [4.69, 9.17) is 4.74 Å². The zero-order valence-electron chi connectivity index (χ0n) is 10.9. The number of benzene rings is 1. The molecule has 2 rings (SSSR count). The van der Waals surface area contributed by atoms with Crippen molar-refractivity contribution in [1.82, 2.24) is 4.90 Å². The molecule has 0 saturated carbocycles. The topological polar surface area (TPSA) is 12.5 Å². The number of rotatable bonds is 3. The molecule has 1 aromatic carbocycles. The van der Waals surface area contributed by atoms with Crippen molar-refractivity contribution in [2.24, 2.45) is 0 Å². The lowest BCUT2D eigenvalue weighted by Gasteiger charge is -2.33. The van der Waals surface area contributed by atoms with Crippen molar-refractivity contribution < 1.29 is 9.13 Å². The summed E-state index contributed by atoms with van der Waals surface area (Å²) in [5.41, 5.74) is 0.909. The second-order valence-corrected chi connectivity index (χ2v) is 5.65. The standard InChI is InChI=1S/C14H19BrFNO/c1-10-5-3-4-8-17(10)9-11-13(18-2)7-6-12(16)14(11)15/h6-7,10H,3-5,8-9H2,1-2H3. The highest BCUT2D eigenvalue weighted by Crippen LogP contribution is 2.32. The average Bonchev–Trinajstić information content (AvgIpc) is 2.38. The largest absolute Gasteiger partial charge is 0.496 e. The smallest absolute Gasteiger partial charge is 0.137 e. The third-order valence-electron chi connectivity index (χ3n) is 3.67. The van der Waals surface area contributed by atoms with Gasteiger partial charge >= 0.3 is 0 Å². The van der Waals surface area contributed by atoms with Gasteiger partial charge in [-0.2, -0.15) is 0 Å². The molecule has 100 valence electrons. The zero-order valence-corrected chi connectivity index (χ0v) is 12.5. The predicted molar refractivity (Wildman–Crippen MR) is 74.4 cm³/mol. The molecular weight excluding hydrogens is 297 g/mol. The number of likely N-dealkylation sites (tertiary alicyclic amines) is 1. The first-order valence-electron chi connectivity index (χ1n) is 6.38. The van der Waals surface area contributed by atoms with Gasteiger partial charge in [-0.15, -0.1) is 0 Å². The van der Waals surface area contributed by atoms with Gasteiger partial charge in [-0.05, 0) is 54.4 Å². The van der Waals surface area contributed by atoms with Crippen LogP contribution in [0.2, 0.25) is 0 Å². The summed E-state index contributed by atoms with van der Waals surface area (Å²) in [4.78, 5) is 2.39. The minimum Gasteiger partial charge on any atom is -0.496 e. The van der Waals surface area contributed by atoms with E-state index in [1.807, 2.05) is 0 Å². The molecule has 0 spiro atoms. The van der Waals surface area contributed by atoms with Crippen molar-refractivity contribution in [2.45, 2.75) is 38.8 Å². The Hall–Kier alpha value is -0.610. The van der Waals surface area contributed by atoms with Crippen molar-refractivity contribution in [3.05, 3.63) is 28.0 Å². The fourth-order valence-corrected chi connectivity index (χ4v) is 2.96. The van der Waals surface area contributed by atoms with Crippen LogP contribution in [-0.2, 0) is 6.54 Å². The minimum atomic E-state index is -0.226. The van der Waals surface area contributed by atoms with Crippen molar-refractivity contribution in [3.8, 4) is 5.75 Å². The van der Waals surface area contributed by atoms with E-state index in [-0.39, 0.29) is 5.82 Å². The Kier molecular flexibility index (Phi) is 4.62. The lowest BCUT2D eigenvalue weighted by atomic mass is 10.0. The second kappa shape index (κ2) is 6.02. The van der Waals surface area contributed by atoms with Gasteiger partial charge in [0.15, 0.2) is 0 Å². The van der Waals surface area contributed by atoms with Crippen LogP contribution in [0.4, 0.5) is 4.39 Å². The normalized spacial score (nSPS) is 21.0. The first kappa shape index (κ1) is 13.8. The van der Waals surface area contributed by atoms with Gasteiger partial charge in [-0.3, -0.25) is 4.90 Å². The number of piperidine rings is 1. The molecule has 1 unspecified atom stereocenters. The molecule has 1 aromatic rings. The molecule has 1 aliphatic rings. The molecule has 0 aliphatic carbocycles. The van der Waals surface area contributed by atoms with E-state index >= 15 is 0 Å². The Bertz CT molecular complexity index is 425. The van der Waals surface area contributed by atoms with Crippen LogP contribution >= 0.6 is 15.9 Å². The van der Waals surface area contributed by atoms with E-state index < -0.39 is 0 Å². The van der Waals surface area contributed by atoms with Gasteiger partial charge in [0, 0.05) is 18.2 Å². The maximum atomic E-state index is 13.6. The Labute approximate surface area is 116 Å². The summed E-state index contributed by atoms with van der Waals surface area (Å²) in [7, 11) is 1.63.